The predicted octanol–water partition coefficient (Wildman–Crippen LogP) is 5.34. The summed E-state index contributed by atoms with van der Waals surface area (Å²) in [5.41, 5.74) is 1.17. The summed E-state index contributed by atoms with van der Waals surface area (Å²) in [6.07, 6.45) is 2.49. The van der Waals surface area contributed by atoms with Crippen molar-refractivity contribution in [2.75, 3.05) is 0 Å². The lowest BCUT2D eigenvalue weighted by atomic mass is 10.0. The fraction of sp³-hybridized carbons (Fsp3) is 0.375. The molecule has 1 N–H and O–H groups in total. The van der Waals surface area contributed by atoms with Gasteiger partial charge in [-0.1, -0.05) is 23.7 Å². The molecule has 20 heavy (non-hydrogen) atoms. The van der Waals surface area contributed by atoms with Gasteiger partial charge in [-0.25, -0.2) is 4.39 Å². The molecule has 3 rings (SSSR count). The average Bonchev–Trinajstić information content (AvgIpc) is 3.18. The number of thiophene rings is 1. The van der Waals surface area contributed by atoms with Crippen LogP contribution >= 0.6 is 22.9 Å². The molecule has 0 saturated heterocycles. The van der Waals surface area contributed by atoms with Gasteiger partial charge < -0.3 is 5.32 Å². The Kier molecular flexibility index (Phi) is 4.11. The molecule has 2 atom stereocenters. The Labute approximate surface area is 127 Å². The third-order valence-electron chi connectivity index (χ3n) is 3.77. The van der Waals surface area contributed by atoms with E-state index >= 15 is 0 Å². The number of hydrogen-bond donors (Lipinski definition) is 1. The third-order valence-corrected chi connectivity index (χ3v) is 5.19. The molecule has 0 bridgehead atoms. The lowest BCUT2D eigenvalue weighted by Crippen LogP contribution is -2.25. The molecular weight excluding hydrogens is 293 g/mol. The topological polar surface area (TPSA) is 12.0 Å². The van der Waals surface area contributed by atoms with Crippen LogP contribution in [-0.4, -0.2) is 0 Å². The maximum absolute atomic E-state index is 13.1. The Morgan fingerprint density at radius 3 is 2.45 bits per heavy atom. The van der Waals surface area contributed by atoms with Gasteiger partial charge >= 0.3 is 0 Å². The van der Waals surface area contributed by atoms with Crippen LogP contribution in [0.1, 0.15) is 42.3 Å². The molecule has 0 amide bonds. The second-order valence-electron chi connectivity index (χ2n) is 5.40. The molecular formula is C16H17ClFNS. The summed E-state index contributed by atoms with van der Waals surface area (Å²) in [5, 5.41) is 3.67. The Hall–Kier alpha value is -0.900. The molecule has 1 aliphatic rings. The number of nitrogens with one attached hydrogen (secondary N) is 1. The summed E-state index contributed by atoms with van der Waals surface area (Å²) < 4.78 is 13.9. The van der Waals surface area contributed by atoms with Crippen molar-refractivity contribution in [1.29, 1.82) is 0 Å². The molecule has 0 aliphatic heterocycles. The second kappa shape index (κ2) is 5.84. The van der Waals surface area contributed by atoms with Gasteiger partial charge in [0.05, 0.1) is 4.34 Å². The molecule has 106 valence electrons. The van der Waals surface area contributed by atoms with Gasteiger partial charge in [0.2, 0.25) is 0 Å². The van der Waals surface area contributed by atoms with E-state index in [2.05, 4.69) is 18.3 Å². The largest absolute Gasteiger partial charge is 0.302 e. The fourth-order valence-electron chi connectivity index (χ4n) is 2.52. The van der Waals surface area contributed by atoms with E-state index in [4.69, 9.17) is 11.6 Å². The highest BCUT2D eigenvalue weighted by atomic mass is 35.5. The van der Waals surface area contributed by atoms with Crippen LogP contribution in [0.15, 0.2) is 36.4 Å². The van der Waals surface area contributed by atoms with Gasteiger partial charge in [0.15, 0.2) is 0 Å². The molecule has 0 spiro atoms. The van der Waals surface area contributed by atoms with Crippen LogP contribution in [0.3, 0.4) is 0 Å². The molecule has 1 aromatic heterocycles. The number of rotatable bonds is 5. The first-order valence-corrected chi connectivity index (χ1v) is 8.09. The highest BCUT2D eigenvalue weighted by Crippen LogP contribution is 2.42. The van der Waals surface area contributed by atoms with Gasteiger partial charge in [-0.15, -0.1) is 11.3 Å². The molecule has 0 radical (unpaired) electrons. The zero-order valence-electron chi connectivity index (χ0n) is 11.3. The van der Waals surface area contributed by atoms with E-state index in [0.717, 1.165) is 4.34 Å². The van der Waals surface area contributed by atoms with Crippen LogP contribution in [0.4, 0.5) is 4.39 Å². The first-order valence-electron chi connectivity index (χ1n) is 6.90. The maximum atomic E-state index is 13.1. The smallest absolute Gasteiger partial charge is 0.123 e. The highest BCUT2D eigenvalue weighted by Gasteiger charge is 2.33. The van der Waals surface area contributed by atoms with Crippen LogP contribution in [-0.2, 0) is 0 Å². The minimum Gasteiger partial charge on any atom is -0.302 e. The molecule has 2 aromatic rings. The summed E-state index contributed by atoms with van der Waals surface area (Å²) in [5.74, 6) is 0.486. The summed E-state index contributed by atoms with van der Waals surface area (Å²) in [7, 11) is 0. The van der Waals surface area contributed by atoms with Crippen LogP contribution in [0, 0.1) is 11.7 Å². The van der Waals surface area contributed by atoms with Crippen molar-refractivity contribution in [3.63, 3.8) is 0 Å². The first-order chi connectivity index (χ1) is 9.63. The van der Waals surface area contributed by atoms with E-state index in [0.29, 0.717) is 12.0 Å². The summed E-state index contributed by atoms with van der Waals surface area (Å²) in [4.78, 5) is 1.24. The van der Waals surface area contributed by atoms with Crippen molar-refractivity contribution in [3.8, 4) is 0 Å². The van der Waals surface area contributed by atoms with Crippen LogP contribution in [0.5, 0.6) is 0 Å². The number of hydrogen-bond acceptors (Lipinski definition) is 2. The first kappa shape index (κ1) is 14.1. The molecule has 1 aliphatic carbocycles. The van der Waals surface area contributed by atoms with Crippen LogP contribution in [0.25, 0.3) is 0 Å². The van der Waals surface area contributed by atoms with Gasteiger partial charge in [-0.2, -0.15) is 0 Å². The van der Waals surface area contributed by atoms with Crippen molar-refractivity contribution in [2.24, 2.45) is 5.92 Å². The molecule has 2 unspecified atom stereocenters. The number of benzene rings is 1. The van der Waals surface area contributed by atoms with Crippen molar-refractivity contribution in [1.82, 2.24) is 5.32 Å². The standard InChI is InChI=1S/C16H17ClFNS/c1-10(14-8-9-15(17)20-14)19-16(11-2-3-11)12-4-6-13(18)7-5-12/h4-11,16,19H,2-3H2,1H3. The average molecular weight is 310 g/mol. The minimum absolute atomic E-state index is 0.179. The molecule has 1 nitrogen and oxygen atoms in total. The van der Waals surface area contributed by atoms with Crippen molar-refractivity contribution >= 4 is 22.9 Å². The Balaban J connectivity index is 1.76. The van der Waals surface area contributed by atoms with Crippen LogP contribution in [0.2, 0.25) is 4.34 Å². The molecule has 1 aromatic carbocycles. The Bertz CT molecular complexity index is 576. The number of halogens is 2. The zero-order chi connectivity index (χ0) is 14.1. The minimum atomic E-state index is -0.179. The lowest BCUT2D eigenvalue weighted by Gasteiger charge is -2.23. The Morgan fingerprint density at radius 1 is 1.20 bits per heavy atom. The third kappa shape index (κ3) is 3.22. The van der Waals surface area contributed by atoms with E-state index in [-0.39, 0.29) is 11.9 Å². The summed E-state index contributed by atoms with van der Waals surface area (Å²) >= 11 is 7.61. The van der Waals surface area contributed by atoms with Gasteiger partial charge in [0.25, 0.3) is 0 Å². The van der Waals surface area contributed by atoms with E-state index < -0.39 is 0 Å². The molecule has 1 saturated carbocycles. The second-order valence-corrected chi connectivity index (χ2v) is 7.14. The van der Waals surface area contributed by atoms with Gasteiger partial charge in [0.1, 0.15) is 5.82 Å². The Morgan fingerprint density at radius 2 is 1.90 bits per heavy atom. The van der Waals surface area contributed by atoms with E-state index in [1.54, 1.807) is 23.5 Å². The SMILES string of the molecule is CC(NC(c1ccc(F)cc1)C1CC1)c1ccc(Cl)s1. The van der Waals surface area contributed by atoms with E-state index in [1.807, 2.05) is 18.2 Å². The summed E-state index contributed by atoms with van der Waals surface area (Å²) in [6.45, 7) is 2.15. The maximum Gasteiger partial charge on any atom is 0.123 e. The van der Waals surface area contributed by atoms with Gasteiger partial charge in [-0.05, 0) is 55.5 Å². The monoisotopic (exact) mass is 309 g/mol. The normalized spacial score (nSPS) is 17.9. The van der Waals surface area contributed by atoms with Gasteiger partial charge in [-0.3, -0.25) is 0 Å². The fourth-order valence-corrected chi connectivity index (χ4v) is 3.59. The lowest BCUT2D eigenvalue weighted by molar-refractivity contribution is 0.430. The highest BCUT2D eigenvalue weighted by molar-refractivity contribution is 7.16. The van der Waals surface area contributed by atoms with Crippen molar-refractivity contribution in [3.05, 3.63) is 57.0 Å². The van der Waals surface area contributed by atoms with E-state index in [1.165, 1.54) is 23.3 Å². The van der Waals surface area contributed by atoms with Gasteiger partial charge in [0, 0.05) is 17.0 Å². The van der Waals surface area contributed by atoms with Crippen molar-refractivity contribution < 1.29 is 4.39 Å². The molecule has 1 heterocycles. The molecule has 1 fully saturated rings. The van der Waals surface area contributed by atoms with Crippen molar-refractivity contribution in [2.45, 2.75) is 31.8 Å². The molecule has 4 heteroatoms. The van der Waals surface area contributed by atoms with E-state index in [9.17, 15) is 4.39 Å². The van der Waals surface area contributed by atoms with Crippen LogP contribution < -0.4 is 5.32 Å². The zero-order valence-corrected chi connectivity index (χ0v) is 12.8. The predicted molar refractivity (Wildman–Crippen MR) is 82.7 cm³/mol. The summed E-state index contributed by atoms with van der Waals surface area (Å²) in [6, 6.07) is 11.4. The quantitative estimate of drug-likeness (QED) is 0.786.